The van der Waals surface area contributed by atoms with Gasteiger partial charge in [-0.1, -0.05) is 146 Å². The quantitative estimate of drug-likeness (QED) is 0.197. The van der Waals surface area contributed by atoms with Gasteiger partial charge in [0.25, 0.3) is 0 Å². The monoisotopic (exact) mass is 557 g/mol. The lowest BCUT2D eigenvalue weighted by Gasteiger charge is -2.19. The fourth-order valence-corrected chi connectivity index (χ4v) is 6.62. The minimum Gasteiger partial charge on any atom is -0.192 e. The van der Waals surface area contributed by atoms with Crippen LogP contribution in [0.4, 0.5) is 0 Å². The fraction of sp³-hybridized carbons (Fsp3) is 0. The SMILES string of the molecule is N#Cc1ccc(-c2ccc3c(-c4ccc(-c5cccc6ccccc56)cc4)c4ccccc4c(-c4ccccc4)c3c2)cc1. The van der Waals surface area contributed by atoms with Crippen molar-refractivity contribution < 1.29 is 0 Å². The number of hydrogen-bond acceptors (Lipinski definition) is 1. The lowest BCUT2D eigenvalue weighted by atomic mass is 9.84. The Labute approximate surface area is 256 Å². The number of benzene rings is 8. The Morgan fingerprint density at radius 2 is 0.864 bits per heavy atom. The van der Waals surface area contributed by atoms with E-state index < -0.39 is 0 Å². The highest BCUT2D eigenvalue weighted by atomic mass is 14.2. The zero-order chi connectivity index (χ0) is 29.5. The Bertz CT molecular complexity index is 2350. The van der Waals surface area contributed by atoms with Crippen molar-refractivity contribution in [3.63, 3.8) is 0 Å². The molecule has 0 saturated heterocycles. The molecule has 1 heteroatoms. The van der Waals surface area contributed by atoms with E-state index in [1.54, 1.807) is 0 Å². The van der Waals surface area contributed by atoms with Crippen molar-refractivity contribution in [2.45, 2.75) is 0 Å². The number of nitrogens with zero attached hydrogens (tertiary/aromatic N) is 1. The first-order valence-corrected chi connectivity index (χ1v) is 14.9. The van der Waals surface area contributed by atoms with Crippen molar-refractivity contribution in [1.82, 2.24) is 0 Å². The van der Waals surface area contributed by atoms with Crippen LogP contribution in [0.1, 0.15) is 5.56 Å². The molecule has 0 amide bonds. The molecule has 8 aromatic carbocycles. The maximum Gasteiger partial charge on any atom is 0.0991 e. The van der Waals surface area contributed by atoms with E-state index in [2.05, 4.69) is 146 Å². The molecule has 0 aliphatic heterocycles. The first-order valence-electron chi connectivity index (χ1n) is 14.9. The summed E-state index contributed by atoms with van der Waals surface area (Å²) in [6.45, 7) is 0. The number of hydrogen-bond donors (Lipinski definition) is 0. The van der Waals surface area contributed by atoms with Crippen LogP contribution in [-0.4, -0.2) is 0 Å². The van der Waals surface area contributed by atoms with Gasteiger partial charge in [-0.2, -0.15) is 5.26 Å². The summed E-state index contributed by atoms with van der Waals surface area (Å²) in [4.78, 5) is 0. The van der Waals surface area contributed by atoms with Gasteiger partial charge in [0.2, 0.25) is 0 Å². The lowest BCUT2D eigenvalue weighted by Crippen LogP contribution is -1.92. The average molecular weight is 558 g/mol. The van der Waals surface area contributed by atoms with Gasteiger partial charge in [-0.25, -0.2) is 0 Å². The molecular formula is C43H27N. The Morgan fingerprint density at radius 3 is 1.59 bits per heavy atom. The molecule has 0 aromatic heterocycles. The van der Waals surface area contributed by atoms with Crippen LogP contribution in [0.3, 0.4) is 0 Å². The third-order valence-electron chi connectivity index (χ3n) is 8.71. The van der Waals surface area contributed by atoms with Crippen LogP contribution < -0.4 is 0 Å². The molecule has 0 N–H and O–H groups in total. The van der Waals surface area contributed by atoms with Crippen molar-refractivity contribution in [3.8, 4) is 50.6 Å². The molecule has 0 bridgehead atoms. The summed E-state index contributed by atoms with van der Waals surface area (Å²) >= 11 is 0. The van der Waals surface area contributed by atoms with Crippen LogP contribution in [0.5, 0.6) is 0 Å². The van der Waals surface area contributed by atoms with E-state index in [1.165, 1.54) is 65.7 Å². The van der Waals surface area contributed by atoms with E-state index >= 15 is 0 Å². The third-order valence-corrected chi connectivity index (χ3v) is 8.71. The van der Waals surface area contributed by atoms with Gasteiger partial charge >= 0.3 is 0 Å². The third kappa shape index (κ3) is 4.33. The normalized spacial score (nSPS) is 11.2. The van der Waals surface area contributed by atoms with Gasteiger partial charge in [-0.15, -0.1) is 0 Å². The second-order valence-electron chi connectivity index (χ2n) is 11.2. The van der Waals surface area contributed by atoms with E-state index in [9.17, 15) is 5.26 Å². The largest absolute Gasteiger partial charge is 0.192 e. The van der Waals surface area contributed by atoms with Gasteiger partial charge in [0.15, 0.2) is 0 Å². The number of nitriles is 1. The van der Waals surface area contributed by atoms with Gasteiger partial charge in [0.05, 0.1) is 11.6 Å². The van der Waals surface area contributed by atoms with E-state index in [0.717, 1.165) is 11.1 Å². The summed E-state index contributed by atoms with van der Waals surface area (Å²) < 4.78 is 0. The number of rotatable bonds is 4. The molecule has 44 heavy (non-hydrogen) atoms. The maximum absolute atomic E-state index is 9.32. The molecule has 0 aliphatic carbocycles. The molecule has 0 atom stereocenters. The second-order valence-corrected chi connectivity index (χ2v) is 11.2. The van der Waals surface area contributed by atoms with Crippen LogP contribution in [0.15, 0.2) is 164 Å². The molecular weight excluding hydrogens is 530 g/mol. The van der Waals surface area contributed by atoms with Crippen molar-refractivity contribution in [3.05, 3.63) is 169 Å². The van der Waals surface area contributed by atoms with Crippen molar-refractivity contribution in [2.24, 2.45) is 0 Å². The predicted octanol–water partition coefficient (Wildman–Crippen LogP) is 11.7. The zero-order valence-corrected chi connectivity index (χ0v) is 24.0. The summed E-state index contributed by atoms with van der Waals surface area (Å²) in [5, 5.41) is 16.7. The molecule has 0 fully saturated rings. The molecule has 8 aromatic rings. The molecule has 0 unspecified atom stereocenters. The standard InChI is InChI=1S/C43H27N/c44-28-29-17-19-30(20-18-29)35-25-26-40-41(27-35)43(33-10-2-1-3-11-33)39-15-7-6-14-38(39)42(40)34-23-21-32(22-24-34)37-16-8-12-31-9-4-5-13-36(31)37/h1-27H. The van der Waals surface area contributed by atoms with E-state index in [0.29, 0.717) is 5.56 Å². The van der Waals surface area contributed by atoms with E-state index in [1.807, 2.05) is 24.3 Å². The van der Waals surface area contributed by atoms with Crippen LogP contribution in [0.2, 0.25) is 0 Å². The highest BCUT2D eigenvalue weighted by molar-refractivity contribution is 6.22. The van der Waals surface area contributed by atoms with Crippen LogP contribution >= 0.6 is 0 Å². The Balaban J connectivity index is 1.38. The van der Waals surface area contributed by atoms with Crippen LogP contribution in [-0.2, 0) is 0 Å². The first-order chi connectivity index (χ1) is 21.8. The molecule has 0 spiro atoms. The average Bonchev–Trinajstić information content (AvgIpc) is 3.10. The molecule has 0 saturated carbocycles. The molecule has 8 rings (SSSR count). The van der Waals surface area contributed by atoms with Gasteiger partial charge in [0.1, 0.15) is 0 Å². The zero-order valence-electron chi connectivity index (χ0n) is 24.0. The summed E-state index contributed by atoms with van der Waals surface area (Å²) in [5.41, 5.74) is 10.2. The van der Waals surface area contributed by atoms with Crippen LogP contribution in [0, 0.1) is 11.3 Å². The molecule has 0 heterocycles. The van der Waals surface area contributed by atoms with Gasteiger partial charge < -0.3 is 0 Å². The predicted molar refractivity (Wildman–Crippen MR) is 185 cm³/mol. The summed E-state index contributed by atoms with van der Waals surface area (Å²) in [5.74, 6) is 0. The smallest absolute Gasteiger partial charge is 0.0991 e. The highest BCUT2D eigenvalue weighted by Crippen LogP contribution is 2.45. The summed E-state index contributed by atoms with van der Waals surface area (Å²) in [6.07, 6.45) is 0. The van der Waals surface area contributed by atoms with Gasteiger partial charge in [0, 0.05) is 0 Å². The lowest BCUT2D eigenvalue weighted by molar-refractivity contribution is 1.48. The highest BCUT2D eigenvalue weighted by Gasteiger charge is 2.17. The minimum absolute atomic E-state index is 0.666. The van der Waals surface area contributed by atoms with Gasteiger partial charge in [-0.05, 0) is 95.0 Å². The van der Waals surface area contributed by atoms with Crippen LogP contribution in [0.25, 0.3) is 76.8 Å². The Morgan fingerprint density at radius 1 is 0.341 bits per heavy atom. The second kappa shape index (κ2) is 10.7. The van der Waals surface area contributed by atoms with E-state index in [-0.39, 0.29) is 0 Å². The maximum atomic E-state index is 9.32. The van der Waals surface area contributed by atoms with Crippen molar-refractivity contribution in [2.75, 3.05) is 0 Å². The Hall–Kier alpha value is -5.97. The minimum atomic E-state index is 0.666. The molecule has 0 aliphatic rings. The number of fused-ring (bicyclic) bond motifs is 3. The Kier molecular flexibility index (Phi) is 6.25. The van der Waals surface area contributed by atoms with E-state index in [4.69, 9.17) is 0 Å². The first kappa shape index (κ1) is 25.7. The fourth-order valence-electron chi connectivity index (χ4n) is 6.62. The van der Waals surface area contributed by atoms with Crippen molar-refractivity contribution >= 4 is 32.3 Å². The van der Waals surface area contributed by atoms with Crippen molar-refractivity contribution in [1.29, 1.82) is 5.26 Å². The summed E-state index contributed by atoms with van der Waals surface area (Å²) in [6, 6.07) is 60.5. The molecule has 1 nitrogen and oxygen atoms in total. The molecule has 204 valence electrons. The summed E-state index contributed by atoms with van der Waals surface area (Å²) in [7, 11) is 0. The van der Waals surface area contributed by atoms with Gasteiger partial charge in [-0.3, -0.25) is 0 Å². The molecule has 0 radical (unpaired) electrons. The topological polar surface area (TPSA) is 23.8 Å².